The Morgan fingerprint density at radius 1 is 1.55 bits per heavy atom. The summed E-state index contributed by atoms with van der Waals surface area (Å²) in [4.78, 5) is 0. The Bertz CT molecular complexity index is 168. The van der Waals surface area contributed by atoms with Crippen molar-refractivity contribution >= 4 is 0 Å². The molecule has 0 atom stereocenters. The van der Waals surface area contributed by atoms with Crippen molar-refractivity contribution < 1.29 is 0 Å². The Morgan fingerprint density at radius 3 is 3.09 bits per heavy atom. The largest absolute Gasteiger partial charge is 0.285 e. The lowest BCUT2D eigenvalue weighted by atomic mass is 10.1. The summed E-state index contributed by atoms with van der Waals surface area (Å²) in [6.07, 6.45) is 9.06. The molecular weight excluding hydrogens is 136 g/mol. The molecule has 0 aliphatic carbocycles. The fourth-order valence-corrected chi connectivity index (χ4v) is 1.03. The van der Waals surface area contributed by atoms with Crippen molar-refractivity contribution in [2.24, 2.45) is 0 Å². The number of rotatable bonds is 5. The van der Waals surface area contributed by atoms with Crippen molar-refractivity contribution in [3.8, 4) is 0 Å². The molecule has 0 unspecified atom stereocenters. The molecule has 1 N–H and O–H groups in total. The first-order chi connectivity index (χ1) is 5.43. The van der Waals surface area contributed by atoms with Crippen LogP contribution in [0.2, 0.25) is 0 Å². The van der Waals surface area contributed by atoms with Crippen molar-refractivity contribution in [1.29, 1.82) is 0 Å². The van der Waals surface area contributed by atoms with Crippen molar-refractivity contribution in [2.75, 3.05) is 0 Å². The van der Waals surface area contributed by atoms with Crippen LogP contribution in [0, 0.1) is 6.42 Å². The van der Waals surface area contributed by atoms with Crippen LogP contribution >= 0.6 is 0 Å². The lowest BCUT2D eigenvalue weighted by Gasteiger charge is -1.94. The molecule has 0 spiro atoms. The molecule has 1 rings (SSSR count). The van der Waals surface area contributed by atoms with E-state index in [0.717, 1.165) is 12.1 Å². The molecule has 0 bridgehead atoms. The Labute approximate surface area is 68.0 Å². The maximum absolute atomic E-state index is 4.03. The van der Waals surface area contributed by atoms with E-state index in [4.69, 9.17) is 0 Å². The number of aromatic amines is 1. The molecule has 61 valence electrons. The van der Waals surface area contributed by atoms with Crippen molar-refractivity contribution in [1.82, 2.24) is 10.2 Å². The molecule has 0 aromatic carbocycles. The Hall–Kier alpha value is -0.790. The summed E-state index contributed by atoms with van der Waals surface area (Å²) < 4.78 is 0. The summed E-state index contributed by atoms with van der Waals surface area (Å²) in [6, 6.07) is 1.99. The van der Waals surface area contributed by atoms with E-state index in [2.05, 4.69) is 23.5 Å². The number of nitrogens with one attached hydrogen (secondary N) is 1. The lowest BCUT2D eigenvalue weighted by molar-refractivity contribution is 0.712. The van der Waals surface area contributed by atoms with Crippen molar-refractivity contribution in [2.45, 2.75) is 32.6 Å². The van der Waals surface area contributed by atoms with Crippen LogP contribution in [-0.4, -0.2) is 10.2 Å². The van der Waals surface area contributed by atoms with Gasteiger partial charge in [-0.15, -0.1) is 0 Å². The van der Waals surface area contributed by atoms with Crippen molar-refractivity contribution in [3.05, 3.63) is 24.4 Å². The normalized spacial score (nSPS) is 10.3. The minimum Gasteiger partial charge on any atom is -0.285 e. The van der Waals surface area contributed by atoms with E-state index in [9.17, 15) is 0 Å². The molecule has 2 heteroatoms. The molecule has 0 amide bonds. The number of nitrogens with zero attached hydrogens (tertiary/aromatic N) is 1. The van der Waals surface area contributed by atoms with Crippen LogP contribution in [0.1, 0.15) is 38.3 Å². The molecule has 1 aromatic heterocycles. The topological polar surface area (TPSA) is 28.7 Å². The summed E-state index contributed by atoms with van der Waals surface area (Å²) in [7, 11) is 0. The highest BCUT2D eigenvalue weighted by Gasteiger charge is 1.93. The Kier molecular flexibility index (Phi) is 3.73. The quantitative estimate of drug-likeness (QED) is 0.644. The average Bonchev–Trinajstić information content (AvgIpc) is 2.50. The number of aromatic nitrogens is 2. The van der Waals surface area contributed by atoms with Gasteiger partial charge in [0.05, 0.1) is 5.69 Å². The van der Waals surface area contributed by atoms with Gasteiger partial charge in [0, 0.05) is 12.6 Å². The molecule has 0 aliphatic rings. The first kappa shape index (κ1) is 8.31. The standard InChI is InChI=1S/C9H15N2/c1-2-3-4-5-6-9-7-8-10-11-9/h6-8H,2-5H2,1H3,(H,10,11). The van der Waals surface area contributed by atoms with Gasteiger partial charge in [0.25, 0.3) is 0 Å². The summed E-state index contributed by atoms with van der Waals surface area (Å²) in [5.41, 5.74) is 1.07. The second-order valence-corrected chi connectivity index (χ2v) is 2.70. The number of hydrogen-bond acceptors (Lipinski definition) is 1. The monoisotopic (exact) mass is 151 g/mol. The smallest absolute Gasteiger partial charge is 0.0659 e. The zero-order chi connectivity index (χ0) is 7.94. The Balaban J connectivity index is 2.04. The summed E-state index contributed by atoms with van der Waals surface area (Å²) in [5, 5.41) is 6.82. The fourth-order valence-electron chi connectivity index (χ4n) is 1.03. The zero-order valence-electron chi connectivity index (χ0n) is 7.01. The molecule has 1 heterocycles. The highest BCUT2D eigenvalue weighted by atomic mass is 15.1. The third-order valence-electron chi connectivity index (χ3n) is 1.68. The average molecular weight is 151 g/mol. The third kappa shape index (κ3) is 3.21. The van der Waals surface area contributed by atoms with E-state index in [1.165, 1.54) is 19.3 Å². The van der Waals surface area contributed by atoms with Gasteiger partial charge in [-0.3, -0.25) is 5.10 Å². The second-order valence-electron chi connectivity index (χ2n) is 2.70. The van der Waals surface area contributed by atoms with Crippen LogP contribution in [-0.2, 0) is 0 Å². The van der Waals surface area contributed by atoms with E-state index in [0.29, 0.717) is 0 Å². The van der Waals surface area contributed by atoms with Gasteiger partial charge in [-0.1, -0.05) is 26.2 Å². The van der Waals surface area contributed by atoms with Gasteiger partial charge in [-0.25, -0.2) is 0 Å². The second kappa shape index (κ2) is 4.94. The highest BCUT2D eigenvalue weighted by Crippen LogP contribution is 2.06. The van der Waals surface area contributed by atoms with Crippen LogP contribution in [0.15, 0.2) is 12.3 Å². The number of unbranched alkanes of at least 4 members (excludes halogenated alkanes) is 3. The molecule has 0 saturated heterocycles. The van der Waals surface area contributed by atoms with Gasteiger partial charge in [-0.2, -0.15) is 5.10 Å². The SMILES string of the molecule is CCCCC[CH]c1cc[nH]n1. The summed E-state index contributed by atoms with van der Waals surface area (Å²) >= 11 is 0. The Morgan fingerprint density at radius 2 is 2.45 bits per heavy atom. The predicted octanol–water partition coefficient (Wildman–Crippen LogP) is 2.54. The van der Waals surface area contributed by atoms with Crippen LogP contribution in [0.3, 0.4) is 0 Å². The van der Waals surface area contributed by atoms with Crippen LogP contribution in [0.4, 0.5) is 0 Å². The maximum Gasteiger partial charge on any atom is 0.0659 e. The summed E-state index contributed by atoms with van der Waals surface area (Å²) in [5.74, 6) is 0. The van der Waals surface area contributed by atoms with E-state index in [1.54, 1.807) is 0 Å². The van der Waals surface area contributed by atoms with Crippen LogP contribution in [0.25, 0.3) is 0 Å². The molecule has 1 radical (unpaired) electrons. The van der Waals surface area contributed by atoms with Gasteiger partial charge < -0.3 is 0 Å². The molecule has 11 heavy (non-hydrogen) atoms. The van der Waals surface area contributed by atoms with Gasteiger partial charge in [-0.05, 0) is 12.5 Å². The maximum atomic E-state index is 4.03. The highest BCUT2D eigenvalue weighted by molar-refractivity contribution is 5.08. The molecular formula is C9H15N2. The van der Waals surface area contributed by atoms with Gasteiger partial charge in [0.1, 0.15) is 0 Å². The van der Waals surface area contributed by atoms with Crippen LogP contribution in [0.5, 0.6) is 0 Å². The van der Waals surface area contributed by atoms with E-state index in [1.807, 2.05) is 12.3 Å². The molecule has 1 aromatic rings. The van der Waals surface area contributed by atoms with Gasteiger partial charge in [0.15, 0.2) is 0 Å². The van der Waals surface area contributed by atoms with Gasteiger partial charge >= 0.3 is 0 Å². The van der Waals surface area contributed by atoms with Gasteiger partial charge in [0.2, 0.25) is 0 Å². The molecule has 0 fully saturated rings. The number of H-pyrrole nitrogens is 1. The fraction of sp³-hybridized carbons (Fsp3) is 0.556. The first-order valence-electron chi connectivity index (χ1n) is 4.26. The number of hydrogen-bond donors (Lipinski definition) is 1. The van der Waals surface area contributed by atoms with E-state index < -0.39 is 0 Å². The minimum absolute atomic E-state index is 1.07. The third-order valence-corrected chi connectivity index (χ3v) is 1.68. The van der Waals surface area contributed by atoms with Crippen LogP contribution < -0.4 is 0 Å². The van der Waals surface area contributed by atoms with Crippen molar-refractivity contribution in [3.63, 3.8) is 0 Å². The first-order valence-corrected chi connectivity index (χ1v) is 4.26. The van der Waals surface area contributed by atoms with E-state index >= 15 is 0 Å². The van der Waals surface area contributed by atoms with E-state index in [-0.39, 0.29) is 0 Å². The minimum atomic E-state index is 1.07. The zero-order valence-corrected chi connectivity index (χ0v) is 7.01. The molecule has 0 saturated carbocycles. The molecule has 0 aliphatic heterocycles. The molecule has 2 nitrogen and oxygen atoms in total. The summed E-state index contributed by atoms with van der Waals surface area (Å²) in [6.45, 7) is 2.22. The predicted molar refractivity (Wildman–Crippen MR) is 46.1 cm³/mol. The lowest BCUT2D eigenvalue weighted by Crippen LogP contribution is -1.82.